The summed E-state index contributed by atoms with van der Waals surface area (Å²) < 4.78 is 0. The first kappa shape index (κ1) is 36.5. The Labute approximate surface area is 315 Å². The van der Waals surface area contributed by atoms with E-state index in [1.165, 1.54) is 5.70 Å². The van der Waals surface area contributed by atoms with Crippen LogP contribution in [0.2, 0.25) is 0 Å². The van der Waals surface area contributed by atoms with Crippen molar-refractivity contribution in [2.75, 3.05) is 5.75 Å². The molecule has 6 unspecified atom stereocenters. The zero-order chi connectivity index (χ0) is 37.6. The summed E-state index contributed by atoms with van der Waals surface area (Å²) in [5.41, 5.74) is 3.84. The van der Waals surface area contributed by atoms with Gasteiger partial charge in [-0.25, -0.2) is 4.79 Å². The summed E-state index contributed by atoms with van der Waals surface area (Å²) in [5.74, 6) is 0.290. The van der Waals surface area contributed by atoms with Gasteiger partial charge in [-0.15, -0.1) is 11.8 Å². The van der Waals surface area contributed by atoms with E-state index >= 15 is 0 Å². The van der Waals surface area contributed by atoms with E-state index in [4.69, 9.17) is 0 Å². The number of rotatable bonds is 5. The lowest BCUT2D eigenvalue weighted by Crippen LogP contribution is -2.38. The van der Waals surface area contributed by atoms with Gasteiger partial charge in [-0.05, 0) is 89.9 Å². The van der Waals surface area contributed by atoms with Crippen LogP contribution in [0.25, 0.3) is 0 Å². The van der Waals surface area contributed by atoms with Gasteiger partial charge in [0.15, 0.2) is 11.6 Å². The molecule has 6 atom stereocenters. The Hall–Kier alpha value is -4.87. The van der Waals surface area contributed by atoms with Crippen molar-refractivity contribution in [1.29, 1.82) is 0 Å². The van der Waals surface area contributed by atoms with Gasteiger partial charge in [0.05, 0.1) is 17.1 Å². The third-order valence-corrected chi connectivity index (χ3v) is 13.1. The fourth-order valence-corrected chi connectivity index (χ4v) is 9.88. The number of carboxylic acid groups (broad SMARTS) is 2. The lowest BCUT2D eigenvalue weighted by molar-refractivity contribution is -0.143. The molecule has 0 radical (unpaired) electrons. The standard InChI is InChI=1S/C45H45NO6S/c1-26-10-6-5-7-18-45(3,4)38-22-30(15-16-31(26)38)46-19-9-11-29(20-27(2)32-12-8-13-39(32)46)40-17-14-28(25-53-40)21-37-41(47)33-23-35(43(49)50)36(44(51)52)24-34(33)42(37)48/h5-7,10,14-17,20-23,26,31-32,36,38-39H,2,8,11-13,18,24-25H2,1,3-4H3,(H,49,50)(H,51,52)/b7-5-,10-6-,29-20+,37-21+. The Bertz CT molecular complexity index is 2080. The van der Waals surface area contributed by atoms with Crippen LogP contribution in [-0.4, -0.2) is 50.4 Å². The molecule has 0 saturated heterocycles. The second-order valence-electron chi connectivity index (χ2n) is 15.8. The largest absolute Gasteiger partial charge is 0.481 e. The van der Waals surface area contributed by atoms with E-state index in [9.17, 15) is 29.4 Å². The average Bonchev–Trinajstić information content (AvgIpc) is 3.73. The van der Waals surface area contributed by atoms with E-state index in [1.54, 1.807) is 17.8 Å². The molecule has 7 aliphatic rings. The quantitative estimate of drug-likeness (QED) is 0.166. The van der Waals surface area contributed by atoms with Crippen molar-refractivity contribution < 1.29 is 29.4 Å². The van der Waals surface area contributed by atoms with Gasteiger partial charge in [0, 0.05) is 51.9 Å². The topological polar surface area (TPSA) is 112 Å². The maximum absolute atomic E-state index is 13.3. The number of ketones is 2. The van der Waals surface area contributed by atoms with Crippen molar-refractivity contribution in [3.63, 3.8) is 0 Å². The highest BCUT2D eigenvalue weighted by atomic mass is 32.2. The van der Waals surface area contributed by atoms with Crippen LogP contribution in [0.4, 0.5) is 0 Å². The molecule has 2 aliphatic heterocycles. The molecule has 0 aromatic carbocycles. The third kappa shape index (κ3) is 7.00. The first-order chi connectivity index (χ1) is 25.3. The number of nitrogens with zero attached hydrogens (tertiary/aromatic N) is 1. The second kappa shape index (κ2) is 14.5. The Morgan fingerprint density at radius 1 is 1.08 bits per heavy atom. The van der Waals surface area contributed by atoms with Crippen molar-refractivity contribution >= 4 is 35.3 Å². The minimum absolute atomic E-state index is 0.0180. The highest BCUT2D eigenvalue weighted by molar-refractivity contribution is 8.03. The van der Waals surface area contributed by atoms with Gasteiger partial charge in [-0.2, -0.15) is 0 Å². The molecule has 53 heavy (non-hydrogen) atoms. The number of fused-ring (bicyclic) bond motifs is 2. The highest BCUT2D eigenvalue weighted by Crippen LogP contribution is 2.47. The summed E-state index contributed by atoms with van der Waals surface area (Å²) in [5, 5.41) is 19.1. The van der Waals surface area contributed by atoms with E-state index in [0.717, 1.165) is 53.4 Å². The maximum atomic E-state index is 13.3. The molecule has 7 nitrogen and oxygen atoms in total. The Balaban J connectivity index is 1.14. The van der Waals surface area contributed by atoms with Gasteiger partial charge < -0.3 is 10.2 Å². The molecule has 0 aromatic rings. The van der Waals surface area contributed by atoms with E-state index < -0.39 is 35.0 Å². The van der Waals surface area contributed by atoms with Crippen LogP contribution in [0.15, 0.2) is 129 Å². The molecular weight excluding hydrogens is 683 g/mol. The number of carbonyl (C=O) groups is 4. The van der Waals surface area contributed by atoms with Crippen molar-refractivity contribution in [3.05, 3.63) is 129 Å². The molecule has 0 spiro atoms. The van der Waals surface area contributed by atoms with Crippen molar-refractivity contribution in [2.24, 2.45) is 35.0 Å². The maximum Gasteiger partial charge on any atom is 0.332 e. The molecule has 1 fully saturated rings. The van der Waals surface area contributed by atoms with E-state index in [1.807, 2.05) is 12.2 Å². The molecule has 1 saturated carbocycles. The summed E-state index contributed by atoms with van der Waals surface area (Å²) in [6.45, 7) is 11.7. The van der Waals surface area contributed by atoms with Gasteiger partial charge >= 0.3 is 11.9 Å². The zero-order valence-electron chi connectivity index (χ0n) is 30.4. The predicted octanol–water partition coefficient (Wildman–Crippen LogP) is 8.22. The number of thioether (sulfide) groups is 1. The van der Waals surface area contributed by atoms with Crippen molar-refractivity contribution in [1.82, 2.24) is 4.90 Å². The number of Topliss-reactive ketones (excluding diaryl/α,β-unsaturated/α-hetero) is 2. The molecule has 8 heteroatoms. The van der Waals surface area contributed by atoms with Crippen molar-refractivity contribution in [3.8, 4) is 12.0 Å². The van der Waals surface area contributed by atoms with Gasteiger partial charge in [0.25, 0.3) is 0 Å². The monoisotopic (exact) mass is 727 g/mol. The minimum atomic E-state index is -1.41. The van der Waals surface area contributed by atoms with Gasteiger partial charge in [0.2, 0.25) is 0 Å². The van der Waals surface area contributed by atoms with E-state index in [-0.39, 0.29) is 40.5 Å². The minimum Gasteiger partial charge on any atom is -0.481 e. The molecular formula is C45H45NO6S. The number of hydrogen-bond donors (Lipinski definition) is 2. The van der Waals surface area contributed by atoms with Crippen LogP contribution < -0.4 is 0 Å². The summed E-state index contributed by atoms with van der Waals surface area (Å²) in [4.78, 5) is 53.4. The lowest BCUT2D eigenvalue weighted by Gasteiger charge is -2.42. The van der Waals surface area contributed by atoms with Gasteiger partial charge in [0.1, 0.15) is 0 Å². The predicted molar refractivity (Wildman–Crippen MR) is 208 cm³/mol. The van der Waals surface area contributed by atoms with Crippen LogP contribution in [0.3, 0.4) is 0 Å². The number of hydrogen-bond acceptors (Lipinski definition) is 6. The molecule has 2 heterocycles. The summed E-state index contributed by atoms with van der Waals surface area (Å²) >= 11 is 1.61. The van der Waals surface area contributed by atoms with Crippen LogP contribution in [0.1, 0.15) is 59.3 Å². The smallest absolute Gasteiger partial charge is 0.332 e. The Morgan fingerprint density at radius 2 is 1.89 bits per heavy atom. The SMILES string of the molecule is C=C1/C=C(/C2=CC=C(/C=C3\C(=O)C4=C(CC(C(=O)O)C(C(=O)O)=C4)C3=O)CS2)CC#CN(C2=CC3C(C=C2)C(C)/C=C\C=C/CC3(C)C)C2CCCC12. The second-order valence-corrected chi connectivity index (χ2v) is 16.8. The average molecular weight is 728 g/mol. The van der Waals surface area contributed by atoms with Crippen LogP contribution in [0, 0.1) is 47.0 Å². The van der Waals surface area contributed by atoms with Crippen LogP contribution in [0.5, 0.6) is 0 Å². The normalized spacial score (nSPS) is 33.7. The number of aliphatic carboxylic acids is 2. The number of carboxylic acids is 2. The fourth-order valence-electron chi connectivity index (χ4n) is 8.90. The molecule has 5 aliphatic carbocycles. The molecule has 0 bridgehead atoms. The summed E-state index contributed by atoms with van der Waals surface area (Å²) in [6, 6.07) is 3.86. The van der Waals surface area contributed by atoms with Gasteiger partial charge in [-0.1, -0.05) is 88.3 Å². The Kier molecular flexibility index (Phi) is 9.99. The number of carbonyl (C=O) groups excluding carboxylic acids is 2. The van der Waals surface area contributed by atoms with Crippen LogP contribution in [-0.2, 0) is 19.2 Å². The first-order valence-electron chi connectivity index (χ1n) is 18.5. The van der Waals surface area contributed by atoms with E-state index in [2.05, 4.69) is 92.8 Å². The van der Waals surface area contributed by atoms with E-state index in [0.29, 0.717) is 29.9 Å². The molecule has 2 N–H and O–H groups in total. The first-order valence-corrected chi connectivity index (χ1v) is 19.5. The summed E-state index contributed by atoms with van der Waals surface area (Å²) in [7, 11) is 0. The highest BCUT2D eigenvalue weighted by Gasteiger charge is 2.43. The molecule has 0 amide bonds. The molecule has 0 aromatic heterocycles. The number of allylic oxidation sites excluding steroid dienone is 16. The molecule has 7 rings (SSSR count). The Morgan fingerprint density at radius 3 is 2.62 bits per heavy atom. The lowest BCUT2D eigenvalue weighted by atomic mass is 9.65. The zero-order valence-corrected chi connectivity index (χ0v) is 31.2. The third-order valence-electron chi connectivity index (χ3n) is 11.9. The molecule has 272 valence electrons. The van der Waals surface area contributed by atoms with Crippen molar-refractivity contribution in [2.45, 2.75) is 65.3 Å². The summed E-state index contributed by atoms with van der Waals surface area (Å²) in [6.07, 6.45) is 29.4. The van der Waals surface area contributed by atoms with Gasteiger partial charge in [-0.3, -0.25) is 19.3 Å². The van der Waals surface area contributed by atoms with Crippen LogP contribution >= 0.6 is 11.8 Å². The fraction of sp³-hybridized carbons (Fsp3) is 0.378.